The largest absolute Gasteiger partial charge is 0.480 e. The van der Waals surface area contributed by atoms with Crippen LogP contribution in [-0.4, -0.2) is 43.1 Å². The summed E-state index contributed by atoms with van der Waals surface area (Å²) < 4.78 is 22.4. The van der Waals surface area contributed by atoms with Crippen molar-refractivity contribution < 1.29 is 18.3 Å². The zero-order valence-corrected chi connectivity index (χ0v) is 10.3. The van der Waals surface area contributed by atoms with E-state index in [0.29, 0.717) is 12.8 Å². The summed E-state index contributed by atoms with van der Waals surface area (Å²) in [6, 6.07) is -0.804. The van der Waals surface area contributed by atoms with Gasteiger partial charge in [-0.1, -0.05) is 19.8 Å². The molecule has 2 N–H and O–H groups in total. The zero-order chi connectivity index (χ0) is 12.2. The Morgan fingerprint density at radius 3 is 2.69 bits per heavy atom. The van der Waals surface area contributed by atoms with Crippen molar-refractivity contribution >= 4 is 15.8 Å². The van der Waals surface area contributed by atoms with Crippen LogP contribution in [-0.2, 0) is 14.6 Å². The predicted octanol–water partition coefficient (Wildman–Crippen LogP) is 0.407. The third-order valence-electron chi connectivity index (χ3n) is 2.81. The van der Waals surface area contributed by atoms with E-state index in [-0.39, 0.29) is 17.5 Å². The Morgan fingerprint density at radius 1 is 1.56 bits per heavy atom. The van der Waals surface area contributed by atoms with Crippen molar-refractivity contribution in [2.45, 2.75) is 44.7 Å². The number of carbonyl (C=O) groups is 1. The highest BCUT2D eigenvalue weighted by Gasteiger charge is 2.30. The Labute approximate surface area is 96.1 Å². The maximum atomic E-state index is 11.2. The first kappa shape index (κ1) is 13.4. The van der Waals surface area contributed by atoms with Crippen molar-refractivity contribution in [3.63, 3.8) is 0 Å². The molecule has 0 saturated carbocycles. The first-order valence-corrected chi connectivity index (χ1v) is 7.46. The van der Waals surface area contributed by atoms with E-state index in [2.05, 4.69) is 5.32 Å². The number of hydrogen-bond acceptors (Lipinski definition) is 4. The Hall–Kier alpha value is -0.620. The van der Waals surface area contributed by atoms with Crippen LogP contribution in [0.3, 0.4) is 0 Å². The highest BCUT2D eigenvalue weighted by Crippen LogP contribution is 2.13. The second-order valence-corrected chi connectivity index (χ2v) is 6.53. The van der Waals surface area contributed by atoms with Crippen molar-refractivity contribution in [1.29, 1.82) is 0 Å². The van der Waals surface area contributed by atoms with Gasteiger partial charge in [0.15, 0.2) is 9.84 Å². The first-order chi connectivity index (χ1) is 7.44. The highest BCUT2D eigenvalue weighted by molar-refractivity contribution is 7.91. The van der Waals surface area contributed by atoms with Crippen molar-refractivity contribution in [3.05, 3.63) is 0 Å². The zero-order valence-electron chi connectivity index (χ0n) is 9.48. The van der Waals surface area contributed by atoms with Gasteiger partial charge < -0.3 is 10.4 Å². The molecule has 1 fully saturated rings. The van der Waals surface area contributed by atoms with Crippen LogP contribution in [0.1, 0.15) is 32.6 Å². The van der Waals surface area contributed by atoms with E-state index < -0.39 is 21.8 Å². The molecule has 0 amide bonds. The standard InChI is InChI=1S/C10H19NO4S/c1-2-3-4-9(10(12)13)11-8-5-6-16(14,15)7-8/h8-9,11H,2-7H2,1H3,(H,12,13)/t8?,9-/m0/s1. The molecular weight excluding hydrogens is 230 g/mol. The second kappa shape index (κ2) is 5.63. The molecule has 0 aromatic heterocycles. The van der Waals surface area contributed by atoms with Gasteiger partial charge in [0, 0.05) is 6.04 Å². The van der Waals surface area contributed by atoms with E-state index in [4.69, 9.17) is 5.11 Å². The van der Waals surface area contributed by atoms with Crippen LogP contribution in [0, 0.1) is 0 Å². The van der Waals surface area contributed by atoms with E-state index in [1.54, 1.807) is 0 Å². The highest BCUT2D eigenvalue weighted by atomic mass is 32.2. The molecule has 0 aromatic rings. The van der Waals surface area contributed by atoms with Gasteiger partial charge in [0.05, 0.1) is 11.5 Å². The van der Waals surface area contributed by atoms with Gasteiger partial charge in [-0.2, -0.15) is 0 Å². The topological polar surface area (TPSA) is 83.5 Å². The van der Waals surface area contributed by atoms with Gasteiger partial charge in [0.25, 0.3) is 0 Å². The van der Waals surface area contributed by atoms with E-state index in [1.807, 2.05) is 6.92 Å². The van der Waals surface area contributed by atoms with E-state index in [0.717, 1.165) is 12.8 Å². The third kappa shape index (κ3) is 4.09. The average molecular weight is 249 g/mol. The lowest BCUT2D eigenvalue weighted by atomic mass is 10.1. The summed E-state index contributed by atoms with van der Waals surface area (Å²) in [6.45, 7) is 2.00. The number of unbranched alkanes of at least 4 members (excludes halogenated alkanes) is 1. The summed E-state index contributed by atoms with van der Waals surface area (Å²) >= 11 is 0. The van der Waals surface area contributed by atoms with Gasteiger partial charge in [-0.25, -0.2) is 8.42 Å². The average Bonchev–Trinajstić information content (AvgIpc) is 2.52. The predicted molar refractivity (Wildman–Crippen MR) is 61.1 cm³/mol. The molecule has 0 radical (unpaired) electrons. The van der Waals surface area contributed by atoms with Gasteiger partial charge in [0.2, 0.25) is 0 Å². The van der Waals surface area contributed by atoms with Crippen LogP contribution in [0.15, 0.2) is 0 Å². The second-order valence-electron chi connectivity index (χ2n) is 4.30. The smallest absolute Gasteiger partial charge is 0.320 e. The van der Waals surface area contributed by atoms with Gasteiger partial charge in [-0.05, 0) is 12.8 Å². The minimum atomic E-state index is -2.94. The molecule has 6 heteroatoms. The summed E-state index contributed by atoms with van der Waals surface area (Å²) in [5.74, 6) is -0.647. The van der Waals surface area contributed by atoms with Crippen molar-refractivity contribution in [2.75, 3.05) is 11.5 Å². The molecule has 0 spiro atoms. The SMILES string of the molecule is CCCC[C@H](NC1CCS(=O)(=O)C1)C(=O)O. The van der Waals surface area contributed by atoms with Gasteiger partial charge in [-0.3, -0.25) is 4.79 Å². The summed E-state index contributed by atoms with van der Waals surface area (Å²) in [5.41, 5.74) is 0. The van der Waals surface area contributed by atoms with E-state index in [1.165, 1.54) is 0 Å². The number of aliphatic carboxylic acids is 1. The van der Waals surface area contributed by atoms with Crippen LogP contribution >= 0.6 is 0 Å². The van der Waals surface area contributed by atoms with E-state index in [9.17, 15) is 13.2 Å². The minimum Gasteiger partial charge on any atom is -0.480 e. The quantitative estimate of drug-likeness (QED) is 0.712. The Morgan fingerprint density at radius 2 is 2.25 bits per heavy atom. The number of carboxylic acid groups (broad SMARTS) is 1. The molecule has 1 saturated heterocycles. The van der Waals surface area contributed by atoms with Gasteiger partial charge >= 0.3 is 5.97 Å². The normalized spacial score (nSPS) is 25.4. The molecule has 1 rings (SSSR count). The van der Waals surface area contributed by atoms with Crippen LogP contribution < -0.4 is 5.32 Å². The fraction of sp³-hybridized carbons (Fsp3) is 0.900. The molecule has 0 aliphatic carbocycles. The molecule has 1 unspecified atom stereocenters. The van der Waals surface area contributed by atoms with Crippen LogP contribution in [0.5, 0.6) is 0 Å². The lowest BCUT2D eigenvalue weighted by Crippen LogP contribution is -2.43. The number of nitrogens with one attached hydrogen (secondary N) is 1. The van der Waals surface area contributed by atoms with Crippen LogP contribution in [0.25, 0.3) is 0 Å². The summed E-state index contributed by atoms with van der Waals surface area (Å²) in [4.78, 5) is 10.9. The molecule has 2 atom stereocenters. The fourth-order valence-electron chi connectivity index (χ4n) is 1.90. The van der Waals surface area contributed by atoms with Crippen LogP contribution in [0.4, 0.5) is 0 Å². The molecule has 1 aliphatic rings. The summed E-state index contributed by atoms with van der Waals surface area (Å²) in [6.07, 6.45) is 2.86. The molecular formula is C10H19NO4S. The molecule has 5 nitrogen and oxygen atoms in total. The third-order valence-corrected chi connectivity index (χ3v) is 4.58. The number of hydrogen-bond donors (Lipinski definition) is 2. The first-order valence-electron chi connectivity index (χ1n) is 5.64. The lowest BCUT2D eigenvalue weighted by Gasteiger charge is -2.18. The Bertz CT molecular complexity index is 339. The lowest BCUT2D eigenvalue weighted by molar-refractivity contribution is -0.139. The van der Waals surface area contributed by atoms with Crippen molar-refractivity contribution in [2.24, 2.45) is 0 Å². The monoisotopic (exact) mass is 249 g/mol. The number of rotatable bonds is 6. The van der Waals surface area contributed by atoms with E-state index >= 15 is 0 Å². The molecule has 1 aliphatic heterocycles. The molecule has 0 aromatic carbocycles. The molecule has 1 heterocycles. The van der Waals surface area contributed by atoms with Crippen molar-refractivity contribution in [3.8, 4) is 0 Å². The number of carboxylic acids is 1. The molecule has 0 bridgehead atoms. The summed E-state index contributed by atoms with van der Waals surface area (Å²) in [7, 11) is -2.94. The van der Waals surface area contributed by atoms with Crippen LogP contribution in [0.2, 0.25) is 0 Å². The molecule has 94 valence electrons. The Balaban J connectivity index is 2.46. The van der Waals surface area contributed by atoms with Gasteiger partial charge in [0.1, 0.15) is 6.04 Å². The van der Waals surface area contributed by atoms with Gasteiger partial charge in [-0.15, -0.1) is 0 Å². The maximum Gasteiger partial charge on any atom is 0.320 e. The Kier molecular flexibility index (Phi) is 4.73. The fourth-order valence-corrected chi connectivity index (χ4v) is 3.58. The van der Waals surface area contributed by atoms with Crippen molar-refractivity contribution in [1.82, 2.24) is 5.32 Å². The number of sulfone groups is 1. The maximum absolute atomic E-state index is 11.2. The minimum absolute atomic E-state index is 0.0723. The molecule has 16 heavy (non-hydrogen) atoms. The summed E-state index contributed by atoms with van der Waals surface area (Å²) in [5, 5.41) is 11.9.